The van der Waals surface area contributed by atoms with Crippen LogP contribution in [0.25, 0.3) is 0 Å². The maximum absolute atomic E-state index is 5.82. The summed E-state index contributed by atoms with van der Waals surface area (Å²) in [4.78, 5) is 2.39. The molecule has 2 aromatic rings. The van der Waals surface area contributed by atoms with Crippen molar-refractivity contribution in [3.63, 3.8) is 0 Å². The first-order valence-electron chi connectivity index (χ1n) is 8.46. The fraction of sp³-hybridized carbons (Fsp3) is 0.400. The molecular weight excluding hydrogens is 286 g/mol. The molecule has 3 rings (SSSR count). The number of hydrogen-bond acceptors (Lipinski definition) is 3. The lowest BCUT2D eigenvalue weighted by Crippen LogP contribution is -2.33. The van der Waals surface area contributed by atoms with E-state index in [0.29, 0.717) is 6.61 Å². The molecule has 0 amide bonds. The lowest BCUT2D eigenvalue weighted by Gasteiger charge is -2.26. The molecule has 0 saturated carbocycles. The van der Waals surface area contributed by atoms with E-state index in [9.17, 15) is 0 Å². The Kier molecular flexibility index (Phi) is 6.07. The Balaban J connectivity index is 1.45. The standard InChI is InChI=1S/C20H25NO2/c1-2-10-20(11-3-1)23-16-19-8-4-7-18(15-19)9-5-12-21-13-6-14-22-17-21/h1-4,7-8,10-11,15H,5-6,9,12-14,16-17H2. The van der Waals surface area contributed by atoms with Gasteiger partial charge in [-0.25, -0.2) is 0 Å². The number of hydrogen-bond donors (Lipinski definition) is 0. The smallest absolute Gasteiger partial charge is 0.119 e. The minimum atomic E-state index is 0.623. The van der Waals surface area contributed by atoms with Gasteiger partial charge in [0.2, 0.25) is 0 Å². The summed E-state index contributed by atoms with van der Waals surface area (Å²) in [6.07, 6.45) is 3.44. The topological polar surface area (TPSA) is 21.7 Å². The summed E-state index contributed by atoms with van der Waals surface area (Å²) in [6.45, 7) is 4.62. The molecule has 2 aromatic carbocycles. The van der Waals surface area contributed by atoms with Gasteiger partial charge in [0.15, 0.2) is 0 Å². The molecule has 1 fully saturated rings. The molecule has 3 nitrogen and oxygen atoms in total. The van der Waals surface area contributed by atoms with Crippen molar-refractivity contribution < 1.29 is 9.47 Å². The van der Waals surface area contributed by atoms with Crippen molar-refractivity contribution in [1.82, 2.24) is 4.90 Å². The summed E-state index contributed by atoms with van der Waals surface area (Å²) >= 11 is 0. The van der Waals surface area contributed by atoms with Crippen LogP contribution in [0.3, 0.4) is 0 Å². The van der Waals surface area contributed by atoms with E-state index in [0.717, 1.165) is 38.5 Å². The molecule has 0 atom stereocenters. The van der Waals surface area contributed by atoms with Crippen LogP contribution in [0.4, 0.5) is 0 Å². The summed E-state index contributed by atoms with van der Waals surface area (Å²) in [5.41, 5.74) is 2.62. The second-order valence-electron chi connectivity index (χ2n) is 6.03. The lowest BCUT2D eigenvalue weighted by molar-refractivity contribution is -0.0135. The highest BCUT2D eigenvalue weighted by atomic mass is 16.5. The largest absolute Gasteiger partial charge is 0.489 e. The van der Waals surface area contributed by atoms with E-state index >= 15 is 0 Å². The van der Waals surface area contributed by atoms with Crippen molar-refractivity contribution in [2.24, 2.45) is 0 Å². The second-order valence-corrected chi connectivity index (χ2v) is 6.03. The molecule has 0 radical (unpaired) electrons. The summed E-state index contributed by atoms with van der Waals surface area (Å²) < 4.78 is 11.3. The Morgan fingerprint density at radius 1 is 1.00 bits per heavy atom. The third-order valence-electron chi connectivity index (χ3n) is 4.12. The summed E-state index contributed by atoms with van der Waals surface area (Å²) in [5.74, 6) is 0.919. The van der Waals surface area contributed by atoms with Crippen LogP contribution in [0.5, 0.6) is 5.75 Å². The molecule has 0 bridgehead atoms. The van der Waals surface area contributed by atoms with Crippen LogP contribution in [0, 0.1) is 0 Å². The Labute approximate surface area is 138 Å². The fourth-order valence-corrected chi connectivity index (χ4v) is 2.89. The molecule has 3 heteroatoms. The molecule has 0 N–H and O–H groups in total. The molecule has 1 heterocycles. The van der Waals surface area contributed by atoms with Gasteiger partial charge in [0.05, 0.1) is 6.73 Å². The van der Waals surface area contributed by atoms with Gasteiger partial charge in [-0.3, -0.25) is 4.90 Å². The summed E-state index contributed by atoms with van der Waals surface area (Å²) in [5, 5.41) is 0. The molecule has 0 spiro atoms. The van der Waals surface area contributed by atoms with Crippen LogP contribution < -0.4 is 4.74 Å². The third-order valence-corrected chi connectivity index (χ3v) is 4.12. The van der Waals surface area contributed by atoms with Crippen LogP contribution in [0.2, 0.25) is 0 Å². The molecule has 122 valence electrons. The first-order valence-corrected chi connectivity index (χ1v) is 8.46. The van der Waals surface area contributed by atoms with Crippen LogP contribution in [0.1, 0.15) is 24.0 Å². The Hall–Kier alpha value is -1.84. The maximum atomic E-state index is 5.82. The summed E-state index contributed by atoms with van der Waals surface area (Å²) in [6, 6.07) is 18.7. The van der Waals surface area contributed by atoms with Gasteiger partial charge in [0.1, 0.15) is 12.4 Å². The Morgan fingerprint density at radius 3 is 2.70 bits per heavy atom. The van der Waals surface area contributed by atoms with Crippen molar-refractivity contribution >= 4 is 0 Å². The zero-order valence-electron chi connectivity index (χ0n) is 13.6. The highest BCUT2D eigenvalue weighted by molar-refractivity contribution is 5.25. The van der Waals surface area contributed by atoms with E-state index in [1.807, 2.05) is 30.3 Å². The van der Waals surface area contributed by atoms with E-state index in [2.05, 4.69) is 29.2 Å². The molecule has 23 heavy (non-hydrogen) atoms. The van der Waals surface area contributed by atoms with Gasteiger partial charge >= 0.3 is 0 Å². The van der Waals surface area contributed by atoms with E-state index in [-0.39, 0.29) is 0 Å². The van der Waals surface area contributed by atoms with Crippen molar-refractivity contribution in [2.45, 2.75) is 25.9 Å². The van der Waals surface area contributed by atoms with Gasteiger partial charge in [-0.15, -0.1) is 0 Å². The third kappa shape index (κ3) is 5.38. The van der Waals surface area contributed by atoms with Gasteiger partial charge in [-0.2, -0.15) is 0 Å². The van der Waals surface area contributed by atoms with Gasteiger partial charge in [0, 0.05) is 19.7 Å². The average Bonchev–Trinajstić information content (AvgIpc) is 2.62. The molecule has 0 aliphatic carbocycles. The molecule has 0 aromatic heterocycles. The van der Waals surface area contributed by atoms with Crippen LogP contribution in [0.15, 0.2) is 54.6 Å². The van der Waals surface area contributed by atoms with Gasteiger partial charge in [-0.05, 0) is 42.5 Å². The van der Waals surface area contributed by atoms with E-state index < -0.39 is 0 Å². The minimum absolute atomic E-state index is 0.623. The summed E-state index contributed by atoms with van der Waals surface area (Å²) in [7, 11) is 0. The Morgan fingerprint density at radius 2 is 1.87 bits per heavy atom. The normalized spacial score (nSPS) is 15.5. The van der Waals surface area contributed by atoms with Gasteiger partial charge in [0.25, 0.3) is 0 Å². The van der Waals surface area contributed by atoms with Crippen molar-refractivity contribution in [3.8, 4) is 5.75 Å². The fourth-order valence-electron chi connectivity index (χ4n) is 2.89. The number of benzene rings is 2. The molecule has 1 aliphatic heterocycles. The van der Waals surface area contributed by atoms with Gasteiger partial charge < -0.3 is 9.47 Å². The SMILES string of the molecule is c1ccc(OCc2cccc(CCCN3CCCOC3)c2)cc1. The average molecular weight is 311 g/mol. The highest BCUT2D eigenvalue weighted by Crippen LogP contribution is 2.14. The lowest BCUT2D eigenvalue weighted by atomic mass is 10.1. The number of para-hydroxylation sites is 1. The molecule has 0 unspecified atom stereocenters. The minimum Gasteiger partial charge on any atom is -0.489 e. The zero-order chi connectivity index (χ0) is 15.7. The van der Waals surface area contributed by atoms with Crippen LogP contribution in [-0.2, 0) is 17.8 Å². The number of ether oxygens (including phenoxy) is 2. The molecular formula is C20H25NO2. The Bertz CT molecular complexity index is 579. The van der Waals surface area contributed by atoms with Crippen molar-refractivity contribution in [1.29, 1.82) is 0 Å². The monoisotopic (exact) mass is 311 g/mol. The van der Waals surface area contributed by atoms with E-state index in [1.54, 1.807) is 0 Å². The number of aryl methyl sites for hydroxylation is 1. The van der Waals surface area contributed by atoms with Crippen LogP contribution >= 0.6 is 0 Å². The highest BCUT2D eigenvalue weighted by Gasteiger charge is 2.09. The van der Waals surface area contributed by atoms with Crippen LogP contribution in [-0.4, -0.2) is 31.3 Å². The van der Waals surface area contributed by atoms with Crippen molar-refractivity contribution in [2.75, 3.05) is 26.4 Å². The van der Waals surface area contributed by atoms with E-state index in [4.69, 9.17) is 9.47 Å². The van der Waals surface area contributed by atoms with E-state index in [1.165, 1.54) is 24.1 Å². The number of nitrogens with zero attached hydrogens (tertiary/aromatic N) is 1. The first-order chi connectivity index (χ1) is 11.4. The molecule has 1 aliphatic rings. The second kappa shape index (κ2) is 8.70. The van der Waals surface area contributed by atoms with Crippen molar-refractivity contribution in [3.05, 3.63) is 65.7 Å². The number of rotatable bonds is 7. The predicted octanol–water partition coefficient (Wildman–Crippen LogP) is 3.88. The quantitative estimate of drug-likeness (QED) is 0.774. The maximum Gasteiger partial charge on any atom is 0.119 e. The zero-order valence-corrected chi connectivity index (χ0v) is 13.6. The molecule has 1 saturated heterocycles. The predicted molar refractivity (Wildman–Crippen MR) is 92.5 cm³/mol. The van der Waals surface area contributed by atoms with Gasteiger partial charge in [-0.1, -0.05) is 42.5 Å². The first kappa shape index (κ1) is 16.0.